The van der Waals surface area contributed by atoms with Crippen LogP contribution in [0, 0.1) is 0 Å². The van der Waals surface area contributed by atoms with Crippen LogP contribution in [0.4, 0.5) is 5.69 Å². The van der Waals surface area contributed by atoms with E-state index < -0.39 is 0 Å². The predicted octanol–water partition coefficient (Wildman–Crippen LogP) is 4.66. The first-order valence-electron chi connectivity index (χ1n) is 8.94. The van der Waals surface area contributed by atoms with Crippen LogP contribution in [0.5, 0.6) is 0 Å². The van der Waals surface area contributed by atoms with Crippen LogP contribution in [0.25, 0.3) is 0 Å². The zero-order valence-electron chi connectivity index (χ0n) is 15.4. The van der Waals surface area contributed by atoms with Crippen molar-refractivity contribution < 1.29 is 4.79 Å². The topological polar surface area (TPSA) is 20.3 Å². The molecule has 0 amide bonds. The SMILES string of the molecule is CCN(CC)c1ccc(C=O)cc1.c1ccc(Pc2ccccc2)cc1. The number of hydrogen-bond acceptors (Lipinski definition) is 2. The molecule has 0 heterocycles. The molecule has 3 aromatic rings. The summed E-state index contributed by atoms with van der Waals surface area (Å²) in [5.41, 5.74) is 1.91. The van der Waals surface area contributed by atoms with Crippen LogP contribution in [-0.4, -0.2) is 19.4 Å². The standard InChI is InChI=1S/C12H11P.C11H15NO/c1-3-7-11(8-4-1)13-12-9-5-2-6-10-12;1-3-12(4-2)11-7-5-10(9-13)6-8-11/h1-10,13H;5-9H,3-4H2,1-2H3. The fraction of sp³-hybridized carbons (Fsp3) is 0.174. The van der Waals surface area contributed by atoms with Crippen molar-refractivity contribution in [1.82, 2.24) is 0 Å². The smallest absolute Gasteiger partial charge is 0.150 e. The first-order valence-corrected chi connectivity index (χ1v) is 9.94. The normalized spacial score (nSPS) is 9.77. The van der Waals surface area contributed by atoms with Gasteiger partial charge in [0.2, 0.25) is 0 Å². The van der Waals surface area contributed by atoms with E-state index in [9.17, 15) is 4.79 Å². The van der Waals surface area contributed by atoms with Crippen molar-refractivity contribution >= 4 is 31.2 Å². The maximum Gasteiger partial charge on any atom is 0.150 e. The number of benzene rings is 3. The summed E-state index contributed by atoms with van der Waals surface area (Å²) in [6, 6.07) is 28.8. The van der Waals surface area contributed by atoms with Crippen LogP contribution < -0.4 is 15.5 Å². The summed E-state index contributed by atoms with van der Waals surface area (Å²) in [6.07, 6.45) is 0.867. The van der Waals surface area contributed by atoms with Crippen LogP contribution in [0.2, 0.25) is 0 Å². The van der Waals surface area contributed by atoms with Gasteiger partial charge in [-0.2, -0.15) is 0 Å². The van der Waals surface area contributed by atoms with E-state index >= 15 is 0 Å². The summed E-state index contributed by atoms with van der Waals surface area (Å²) in [6.45, 7) is 6.24. The molecule has 0 atom stereocenters. The maximum atomic E-state index is 10.4. The molecule has 0 aliphatic carbocycles. The molecular formula is C23H26NOP. The van der Waals surface area contributed by atoms with Crippen LogP contribution in [-0.2, 0) is 0 Å². The molecule has 0 fully saturated rings. The average molecular weight is 363 g/mol. The Hall–Kier alpha value is -2.44. The Morgan fingerprint density at radius 2 is 1.19 bits per heavy atom. The Morgan fingerprint density at radius 1 is 0.731 bits per heavy atom. The highest BCUT2D eigenvalue weighted by atomic mass is 31.1. The van der Waals surface area contributed by atoms with Gasteiger partial charge in [0.1, 0.15) is 6.29 Å². The van der Waals surface area contributed by atoms with E-state index in [4.69, 9.17) is 0 Å². The summed E-state index contributed by atoms with van der Waals surface area (Å²) in [5.74, 6) is 0. The summed E-state index contributed by atoms with van der Waals surface area (Å²) in [7, 11) is 0.777. The second-order valence-corrected chi connectivity index (χ2v) is 7.14. The molecule has 0 aromatic heterocycles. The number of carbonyl (C=O) groups is 1. The van der Waals surface area contributed by atoms with E-state index in [1.54, 1.807) is 0 Å². The van der Waals surface area contributed by atoms with Crippen LogP contribution >= 0.6 is 8.58 Å². The lowest BCUT2D eigenvalue weighted by Gasteiger charge is -2.20. The zero-order chi connectivity index (χ0) is 18.6. The van der Waals surface area contributed by atoms with Gasteiger partial charge in [-0.1, -0.05) is 69.2 Å². The van der Waals surface area contributed by atoms with Gasteiger partial charge in [-0.25, -0.2) is 0 Å². The van der Waals surface area contributed by atoms with Gasteiger partial charge in [0.15, 0.2) is 0 Å². The van der Waals surface area contributed by atoms with E-state index in [0.29, 0.717) is 0 Å². The third-order valence-electron chi connectivity index (χ3n) is 3.99. The molecule has 0 spiro atoms. The second-order valence-electron chi connectivity index (χ2n) is 5.74. The highest BCUT2D eigenvalue weighted by Gasteiger charge is 2.00. The minimum atomic E-state index is 0.732. The molecule has 3 rings (SSSR count). The van der Waals surface area contributed by atoms with Gasteiger partial charge in [0, 0.05) is 24.3 Å². The highest BCUT2D eigenvalue weighted by molar-refractivity contribution is 7.55. The molecule has 134 valence electrons. The van der Waals surface area contributed by atoms with Gasteiger partial charge in [-0.3, -0.25) is 4.79 Å². The lowest BCUT2D eigenvalue weighted by molar-refractivity contribution is 0.112. The minimum Gasteiger partial charge on any atom is -0.372 e. The Kier molecular flexibility index (Phi) is 8.59. The maximum absolute atomic E-state index is 10.4. The molecule has 0 N–H and O–H groups in total. The Labute approximate surface area is 158 Å². The molecule has 0 aliphatic rings. The second kappa shape index (κ2) is 11.2. The van der Waals surface area contributed by atoms with Gasteiger partial charge < -0.3 is 4.90 Å². The van der Waals surface area contributed by atoms with E-state index in [1.807, 2.05) is 24.3 Å². The van der Waals surface area contributed by atoms with E-state index in [-0.39, 0.29) is 0 Å². The molecule has 0 radical (unpaired) electrons. The summed E-state index contributed by atoms with van der Waals surface area (Å²) < 4.78 is 0. The fourth-order valence-corrected chi connectivity index (χ4v) is 3.61. The van der Waals surface area contributed by atoms with Gasteiger partial charge in [-0.15, -0.1) is 0 Å². The molecule has 0 unspecified atom stereocenters. The summed E-state index contributed by atoms with van der Waals surface area (Å²) in [4.78, 5) is 12.7. The fourth-order valence-electron chi connectivity index (χ4n) is 2.56. The minimum absolute atomic E-state index is 0.732. The lowest BCUT2D eigenvalue weighted by atomic mass is 10.2. The number of carbonyl (C=O) groups excluding carboxylic acids is 1. The number of hydrogen-bond donors (Lipinski definition) is 0. The Morgan fingerprint density at radius 3 is 1.58 bits per heavy atom. The molecule has 0 saturated heterocycles. The molecule has 2 nitrogen and oxygen atoms in total. The van der Waals surface area contributed by atoms with Crippen LogP contribution in [0.1, 0.15) is 24.2 Å². The molecule has 26 heavy (non-hydrogen) atoms. The number of rotatable bonds is 6. The monoisotopic (exact) mass is 363 g/mol. The molecular weight excluding hydrogens is 337 g/mol. The van der Waals surface area contributed by atoms with Crippen molar-refractivity contribution in [1.29, 1.82) is 0 Å². The van der Waals surface area contributed by atoms with Gasteiger partial charge in [0.05, 0.1) is 0 Å². The number of anilines is 1. The van der Waals surface area contributed by atoms with E-state index in [0.717, 1.165) is 33.5 Å². The van der Waals surface area contributed by atoms with E-state index in [2.05, 4.69) is 79.4 Å². The third kappa shape index (κ3) is 6.46. The van der Waals surface area contributed by atoms with Gasteiger partial charge >= 0.3 is 0 Å². The van der Waals surface area contributed by atoms with Crippen molar-refractivity contribution in [2.75, 3.05) is 18.0 Å². The first kappa shape index (κ1) is 19.9. The quantitative estimate of drug-likeness (QED) is 0.469. The number of aldehydes is 1. The summed E-state index contributed by atoms with van der Waals surface area (Å²) >= 11 is 0. The van der Waals surface area contributed by atoms with Gasteiger partial charge in [-0.05, 0) is 48.7 Å². The molecule has 3 heteroatoms. The van der Waals surface area contributed by atoms with Crippen molar-refractivity contribution in [3.8, 4) is 0 Å². The van der Waals surface area contributed by atoms with Crippen molar-refractivity contribution in [2.45, 2.75) is 13.8 Å². The number of nitrogens with zero attached hydrogens (tertiary/aromatic N) is 1. The predicted molar refractivity (Wildman–Crippen MR) is 116 cm³/mol. The molecule has 0 aliphatic heterocycles. The Balaban J connectivity index is 0.000000187. The lowest BCUT2D eigenvalue weighted by Crippen LogP contribution is -2.21. The van der Waals surface area contributed by atoms with Crippen LogP contribution in [0.3, 0.4) is 0 Å². The Bertz CT molecular complexity index is 716. The third-order valence-corrected chi connectivity index (χ3v) is 5.24. The molecule has 3 aromatic carbocycles. The largest absolute Gasteiger partial charge is 0.372 e. The molecule has 0 saturated carbocycles. The van der Waals surface area contributed by atoms with Gasteiger partial charge in [0.25, 0.3) is 0 Å². The van der Waals surface area contributed by atoms with Crippen molar-refractivity contribution in [3.05, 3.63) is 90.5 Å². The first-order chi connectivity index (χ1) is 12.8. The van der Waals surface area contributed by atoms with Crippen molar-refractivity contribution in [3.63, 3.8) is 0 Å². The highest BCUT2D eigenvalue weighted by Crippen LogP contribution is 2.13. The van der Waals surface area contributed by atoms with E-state index in [1.165, 1.54) is 16.3 Å². The molecule has 0 bridgehead atoms. The van der Waals surface area contributed by atoms with Crippen LogP contribution in [0.15, 0.2) is 84.9 Å². The average Bonchev–Trinajstić information content (AvgIpc) is 2.71. The summed E-state index contributed by atoms with van der Waals surface area (Å²) in [5, 5.41) is 2.79. The van der Waals surface area contributed by atoms with Crippen molar-refractivity contribution in [2.24, 2.45) is 0 Å². The zero-order valence-corrected chi connectivity index (χ0v) is 16.4.